The van der Waals surface area contributed by atoms with E-state index in [9.17, 15) is 9.59 Å². The number of rotatable bonds is 2. The molecule has 1 N–H and O–H groups in total. The van der Waals surface area contributed by atoms with E-state index in [0.29, 0.717) is 18.7 Å². The quantitative estimate of drug-likeness (QED) is 0.901. The van der Waals surface area contributed by atoms with Gasteiger partial charge in [0.05, 0.1) is 6.20 Å². The Morgan fingerprint density at radius 1 is 1.48 bits per heavy atom. The molecular weight excluding hydrogens is 276 g/mol. The van der Waals surface area contributed by atoms with Crippen LogP contribution < -0.4 is 0 Å². The van der Waals surface area contributed by atoms with Gasteiger partial charge in [0.15, 0.2) is 0 Å². The van der Waals surface area contributed by atoms with Gasteiger partial charge in [-0.2, -0.15) is 0 Å². The highest BCUT2D eigenvalue weighted by atomic mass is 16.6. The van der Waals surface area contributed by atoms with Crippen molar-refractivity contribution < 1.29 is 24.0 Å². The first-order valence-electron chi connectivity index (χ1n) is 6.93. The maximum Gasteiger partial charge on any atom is 0.410 e. The van der Waals surface area contributed by atoms with E-state index in [1.54, 1.807) is 4.90 Å². The van der Waals surface area contributed by atoms with E-state index in [-0.39, 0.29) is 17.8 Å². The second-order valence-corrected chi connectivity index (χ2v) is 6.18. The smallest absolute Gasteiger partial charge is 0.410 e. The molecule has 1 aromatic heterocycles. The Labute approximate surface area is 122 Å². The lowest BCUT2D eigenvalue weighted by Gasteiger charge is -2.33. The van der Waals surface area contributed by atoms with Crippen molar-refractivity contribution in [1.29, 1.82) is 0 Å². The maximum absolute atomic E-state index is 12.1. The Morgan fingerprint density at radius 3 is 2.81 bits per heavy atom. The molecule has 1 atom stereocenters. The molecule has 0 spiro atoms. The van der Waals surface area contributed by atoms with Gasteiger partial charge in [0.1, 0.15) is 5.60 Å². The summed E-state index contributed by atoms with van der Waals surface area (Å²) in [4.78, 5) is 24.8. The van der Waals surface area contributed by atoms with E-state index >= 15 is 0 Å². The van der Waals surface area contributed by atoms with Gasteiger partial charge in [0, 0.05) is 24.6 Å². The van der Waals surface area contributed by atoms with E-state index in [2.05, 4.69) is 5.16 Å². The number of ether oxygens (including phenoxy) is 1. The molecule has 21 heavy (non-hydrogen) atoms. The van der Waals surface area contributed by atoms with Crippen molar-refractivity contribution in [3.05, 3.63) is 17.5 Å². The number of hydrogen-bond donors (Lipinski definition) is 1. The maximum atomic E-state index is 12.1. The molecule has 1 aliphatic heterocycles. The van der Waals surface area contributed by atoms with Crippen LogP contribution in [0.15, 0.2) is 10.7 Å². The molecule has 116 valence electrons. The minimum Gasteiger partial charge on any atom is -0.475 e. The number of aromatic nitrogens is 1. The number of amides is 1. The average molecular weight is 296 g/mol. The fourth-order valence-electron chi connectivity index (χ4n) is 2.42. The van der Waals surface area contributed by atoms with Crippen LogP contribution in [-0.2, 0) is 4.74 Å². The first kappa shape index (κ1) is 15.3. The van der Waals surface area contributed by atoms with Crippen molar-refractivity contribution in [1.82, 2.24) is 10.1 Å². The van der Waals surface area contributed by atoms with Crippen molar-refractivity contribution in [3.63, 3.8) is 0 Å². The molecule has 1 unspecified atom stereocenters. The van der Waals surface area contributed by atoms with Gasteiger partial charge in [-0.05, 0) is 33.6 Å². The molecule has 0 saturated carbocycles. The number of aromatic carboxylic acids is 1. The first-order chi connectivity index (χ1) is 9.78. The van der Waals surface area contributed by atoms with Crippen LogP contribution in [0.1, 0.15) is 55.6 Å². The summed E-state index contributed by atoms with van der Waals surface area (Å²) < 4.78 is 10.1. The summed E-state index contributed by atoms with van der Waals surface area (Å²) in [5.41, 5.74) is -0.0104. The van der Waals surface area contributed by atoms with Gasteiger partial charge in [-0.15, -0.1) is 0 Å². The Morgan fingerprint density at radius 2 is 2.19 bits per heavy atom. The minimum absolute atomic E-state index is 0.0939. The van der Waals surface area contributed by atoms with Crippen LogP contribution in [0.4, 0.5) is 4.79 Å². The predicted octanol–water partition coefficient (Wildman–Crippen LogP) is 2.49. The normalized spacial score (nSPS) is 19.4. The largest absolute Gasteiger partial charge is 0.475 e. The molecule has 7 heteroatoms. The number of piperidine rings is 1. The molecule has 1 aliphatic rings. The molecule has 0 aromatic carbocycles. The van der Waals surface area contributed by atoms with Crippen LogP contribution in [0.25, 0.3) is 0 Å². The summed E-state index contributed by atoms with van der Waals surface area (Å²) in [5, 5.41) is 12.6. The molecule has 0 bridgehead atoms. The molecule has 1 amide bonds. The van der Waals surface area contributed by atoms with Gasteiger partial charge < -0.3 is 19.3 Å². The van der Waals surface area contributed by atoms with Gasteiger partial charge in [0.2, 0.25) is 5.76 Å². The number of carboxylic acids is 1. The number of carboxylic acid groups (broad SMARTS) is 1. The number of nitrogens with zero attached hydrogens (tertiary/aromatic N) is 2. The van der Waals surface area contributed by atoms with Gasteiger partial charge in [-0.3, -0.25) is 0 Å². The molecule has 2 heterocycles. The lowest BCUT2D eigenvalue weighted by Crippen LogP contribution is -2.42. The summed E-state index contributed by atoms with van der Waals surface area (Å²) in [7, 11) is 0. The van der Waals surface area contributed by atoms with Crippen LogP contribution >= 0.6 is 0 Å². The van der Waals surface area contributed by atoms with Crippen molar-refractivity contribution in [2.24, 2.45) is 0 Å². The van der Waals surface area contributed by atoms with Gasteiger partial charge in [0.25, 0.3) is 0 Å². The van der Waals surface area contributed by atoms with Crippen LogP contribution in [0.3, 0.4) is 0 Å². The molecule has 0 radical (unpaired) electrons. The Kier molecular flexibility index (Phi) is 4.20. The monoisotopic (exact) mass is 296 g/mol. The number of carbonyl (C=O) groups is 2. The van der Waals surface area contributed by atoms with E-state index < -0.39 is 11.6 Å². The highest BCUT2D eigenvalue weighted by Gasteiger charge is 2.31. The van der Waals surface area contributed by atoms with E-state index in [4.69, 9.17) is 14.4 Å². The first-order valence-corrected chi connectivity index (χ1v) is 6.93. The van der Waals surface area contributed by atoms with Crippen molar-refractivity contribution in [2.45, 2.75) is 45.1 Å². The van der Waals surface area contributed by atoms with Gasteiger partial charge in [-0.25, -0.2) is 9.59 Å². The Hall–Kier alpha value is -2.05. The molecule has 7 nitrogen and oxygen atoms in total. The Bertz CT molecular complexity index is 532. The van der Waals surface area contributed by atoms with Crippen LogP contribution in [-0.4, -0.2) is 45.9 Å². The topological polar surface area (TPSA) is 92.9 Å². The zero-order valence-corrected chi connectivity index (χ0v) is 12.5. The zero-order chi connectivity index (χ0) is 15.6. The van der Waals surface area contributed by atoms with Crippen molar-refractivity contribution >= 4 is 12.1 Å². The fourth-order valence-corrected chi connectivity index (χ4v) is 2.42. The van der Waals surface area contributed by atoms with E-state index in [0.717, 1.165) is 12.8 Å². The predicted molar refractivity (Wildman–Crippen MR) is 73.2 cm³/mol. The lowest BCUT2D eigenvalue weighted by molar-refractivity contribution is 0.0198. The highest BCUT2D eigenvalue weighted by molar-refractivity contribution is 5.86. The summed E-state index contributed by atoms with van der Waals surface area (Å²) in [6, 6.07) is 0. The molecule has 1 aromatic rings. The standard InChI is InChI=1S/C14H20N2O5/c1-14(2,3)20-13(19)16-6-4-5-9(8-16)10-7-15-21-11(10)12(17)18/h7,9H,4-6,8H2,1-3H3,(H,17,18). The van der Waals surface area contributed by atoms with E-state index in [1.807, 2.05) is 20.8 Å². The summed E-state index contributed by atoms with van der Waals surface area (Å²) >= 11 is 0. The average Bonchev–Trinajstić information content (AvgIpc) is 2.86. The summed E-state index contributed by atoms with van der Waals surface area (Å²) in [6.07, 6.45) is 2.63. The molecule has 1 saturated heterocycles. The van der Waals surface area contributed by atoms with E-state index in [1.165, 1.54) is 6.20 Å². The van der Waals surface area contributed by atoms with Crippen molar-refractivity contribution in [2.75, 3.05) is 13.1 Å². The van der Waals surface area contributed by atoms with Crippen molar-refractivity contribution in [3.8, 4) is 0 Å². The van der Waals surface area contributed by atoms with Gasteiger partial charge >= 0.3 is 12.1 Å². The second kappa shape index (κ2) is 5.75. The zero-order valence-electron chi connectivity index (χ0n) is 12.5. The Balaban J connectivity index is 2.09. The third kappa shape index (κ3) is 3.74. The SMILES string of the molecule is CC(C)(C)OC(=O)N1CCCC(c2cnoc2C(=O)O)C1. The molecular formula is C14H20N2O5. The molecule has 0 aliphatic carbocycles. The minimum atomic E-state index is -1.14. The third-order valence-electron chi connectivity index (χ3n) is 3.31. The fraction of sp³-hybridized carbons (Fsp3) is 0.643. The number of carbonyl (C=O) groups excluding carboxylic acids is 1. The number of hydrogen-bond acceptors (Lipinski definition) is 5. The molecule has 2 rings (SSSR count). The summed E-state index contributed by atoms with van der Waals surface area (Å²) in [5.74, 6) is -1.38. The third-order valence-corrected chi connectivity index (χ3v) is 3.31. The van der Waals surface area contributed by atoms with Crippen LogP contribution in [0.5, 0.6) is 0 Å². The number of likely N-dealkylation sites (tertiary alicyclic amines) is 1. The highest BCUT2D eigenvalue weighted by Crippen LogP contribution is 2.30. The second-order valence-electron chi connectivity index (χ2n) is 6.18. The van der Waals surface area contributed by atoms with Gasteiger partial charge in [-0.1, -0.05) is 5.16 Å². The van der Waals surface area contributed by atoms with Crippen LogP contribution in [0, 0.1) is 0 Å². The lowest BCUT2D eigenvalue weighted by atomic mass is 9.91. The summed E-state index contributed by atoms with van der Waals surface area (Å²) in [6.45, 7) is 6.47. The molecule has 1 fully saturated rings. The van der Waals surface area contributed by atoms with Crippen LogP contribution in [0.2, 0.25) is 0 Å².